The Labute approximate surface area is 118 Å². The van der Waals surface area contributed by atoms with Gasteiger partial charge < -0.3 is 14.0 Å². The lowest BCUT2D eigenvalue weighted by molar-refractivity contribution is 0.00578. The first-order valence-corrected chi connectivity index (χ1v) is 6.44. The second-order valence-corrected chi connectivity index (χ2v) is 6.01. The summed E-state index contributed by atoms with van der Waals surface area (Å²) in [5, 5.41) is 0.201. The zero-order valence-corrected chi connectivity index (χ0v) is 12.5. The van der Waals surface area contributed by atoms with Crippen LogP contribution in [-0.4, -0.2) is 25.4 Å². The van der Waals surface area contributed by atoms with E-state index in [9.17, 15) is 4.39 Å². The first-order valence-electron chi connectivity index (χ1n) is 6.06. The molecule has 0 atom stereocenters. The van der Waals surface area contributed by atoms with Gasteiger partial charge in [0.05, 0.1) is 23.3 Å². The van der Waals surface area contributed by atoms with Crippen molar-refractivity contribution in [2.45, 2.75) is 38.9 Å². The largest absolute Gasteiger partial charge is 0.498 e. The lowest BCUT2D eigenvalue weighted by atomic mass is 9.78. The van der Waals surface area contributed by atoms with Crippen molar-refractivity contribution in [1.29, 1.82) is 0 Å². The van der Waals surface area contributed by atoms with Crippen molar-refractivity contribution in [2.75, 3.05) is 7.11 Å². The van der Waals surface area contributed by atoms with Crippen LogP contribution in [0.1, 0.15) is 27.7 Å². The fourth-order valence-electron chi connectivity index (χ4n) is 1.94. The Hall–Kier alpha value is -0.775. The van der Waals surface area contributed by atoms with E-state index in [-0.39, 0.29) is 5.02 Å². The van der Waals surface area contributed by atoms with E-state index in [0.29, 0.717) is 11.2 Å². The van der Waals surface area contributed by atoms with E-state index < -0.39 is 24.1 Å². The maximum atomic E-state index is 13.5. The quantitative estimate of drug-likeness (QED) is 0.783. The van der Waals surface area contributed by atoms with Crippen LogP contribution in [0.15, 0.2) is 12.1 Å². The fraction of sp³-hybridized carbons (Fsp3) is 0.538. The summed E-state index contributed by atoms with van der Waals surface area (Å²) in [6.45, 7) is 7.72. The molecule has 0 aliphatic carbocycles. The van der Waals surface area contributed by atoms with Gasteiger partial charge in [-0.05, 0) is 39.8 Å². The molecule has 0 saturated carbocycles. The van der Waals surface area contributed by atoms with Crippen molar-refractivity contribution in [3.05, 3.63) is 23.0 Å². The van der Waals surface area contributed by atoms with Gasteiger partial charge in [-0.1, -0.05) is 11.6 Å². The second kappa shape index (κ2) is 4.65. The van der Waals surface area contributed by atoms with Crippen molar-refractivity contribution in [3.8, 4) is 5.75 Å². The van der Waals surface area contributed by atoms with Crippen molar-refractivity contribution in [1.82, 2.24) is 0 Å². The van der Waals surface area contributed by atoms with Gasteiger partial charge in [0.25, 0.3) is 0 Å². The van der Waals surface area contributed by atoms with Crippen LogP contribution in [0.3, 0.4) is 0 Å². The molecule has 6 heteroatoms. The van der Waals surface area contributed by atoms with Crippen LogP contribution < -0.4 is 10.2 Å². The SMILES string of the molecule is COc1c(Cl)cc(F)cc1B1OC(C)(C)C(C)(C)O1. The molecule has 104 valence electrons. The Morgan fingerprint density at radius 2 is 1.68 bits per heavy atom. The minimum Gasteiger partial charge on any atom is -0.496 e. The molecular formula is C13H17BClFO3. The Morgan fingerprint density at radius 3 is 2.16 bits per heavy atom. The van der Waals surface area contributed by atoms with Gasteiger partial charge in [0.15, 0.2) is 0 Å². The molecule has 1 heterocycles. The van der Waals surface area contributed by atoms with E-state index in [0.717, 1.165) is 0 Å². The van der Waals surface area contributed by atoms with Gasteiger partial charge >= 0.3 is 7.12 Å². The molecule has 0 N–H and O–H groups in total. The molecule has 1 saturated heterocycles. The highest BCUT2D eigenvalue weighted by molar-refractivity contribution is 6.63. The summed E-state index contributed by atoms with van der Waals surface area (Å²) in [6, 6.07) is 2.53. The van der Waals surface area contributed by atoms with Crippen LogP contribution in [0.25, 0.3) is 0 Å². The maximum Gasteiger partial charge on any atom is 0.498 e. The number of methoxy groups -OCH3 is 1. The van der Waals surface area contributed by atoms with Crippen LogP contribution in [0.2, 0.25) is 5.02 Å². The third kappa shape index (κ3) is 2.47. The van der Waals surface area contributed by atoms with Crippen molar-refractivity contribution in [2.24, 2.45) is 0 Å². The van der Waals surface area contributed by atoms with E-state index in [4.69, 9.17) is 25.6 Å². The molecule has 2 rings (SSSR count). The van der Waals surface area contributed by atoms with Gasteiger partial charge in [-0.15, -0.1) is 0 Å². The minimum atomic E-state index is -0.701. The molecule has 19 heavy (non-hydrogen) atoms. The summed E-state index contributed by atoms with van der Waals surface area (Å²) in [4.78, 5) is 0. The second-order valence-electron chi connectivity index (χ2n) is 5.60. The predicted octanol–water partition coefficient (Wildman–Crippen LogP) is 2.79. The summed E-state index contributed by atoms with van der Waals surface area (Å²) < 4.78 is 30.5. The molecular weight excluding hydrogens is 269 g/mol. The van der Waals surface area contributed by atoms with Crippen LogP contribution >= 0.6 is 11.6 Å². The summed E-state index contributed by atoms with van der Waals surface area (Å²) in [6.07, 6.45) is 0. The van der Waals surface area contributed by atoms with E-state index in [2.05, 4.69) is 0 Å². The molecule has 0 radical (unpaired) electrons. The summed E-state index contributed by atoms with van der Waals surface area (Å²) >= 11 is 5.98. The van der Waals surface area contributed by atoms with Crippen LogP contribution in [0.4, 0.5) is 4.39 Å². The normalized spacial score (nSPS) is 20.7. The number of benzene rings is 1. The molecule has 0 amide bonds. The van der Waals surface area contributed by atoms with E-state index in [1.807, 2.05) is 27.7 Å². The number of ether oxygens (including phenoxy) is 1. The lowest BCUT2D eigenvalue weighted by Gasteiger charge is -2.32. The Balaban J connectivity index is 2.45. The number of halogens is 2. The number of hydrogen-bond donors (Lipinski definition) is 0. The van der Waals surface area contributed by atoms with Crippen molar-refractivity contribution >= 4 is 24.2 Å². The Kier molecular flexibility index (Phi) is 3.58. The molecule has 0 unspecified atom stereocenters. The Bertz CT molecular complexity index is 489. The topological polar surface area (TPSA) is 27.7 Å². The molecule has 1 aromatic carbocycles. The molecule has 1 aliphatic rings. The third-order valence-electron chi connectivity index (χ3n) is 3.75. The molecule has 1 aliphatic heterocycles. The first kappa shape index (κ1) is 14.6. The molecule has 0 spiro atoms. The van der Waals surface area contributed by atoms with Crippen molar-refractivity contribution < 1.29 is 18.4 Å². The standard InChI is InChI=1S/C13H17BClFO3/c1-12(2)13(3,4)19-14(18-12)9-6-8(16)7-10(15)11(9)17-5/h6-7H,1-5H3. The predicted molar refractivity (Wildman–Crippen MR) is 73.7 cm³/mol. The van der Waals surface area contributed by atoms with E-state index >= 15 is 0 Å². The fourth-order valence-corrected chi connectivity index (χ4v) is 2.23. The van der Waals surface area contributed by atoms with Crippen LogP contribution in [0, 0.1) is 5.82 Å². The smallest absolute Gasteiger partial charge is 0.496 e. The molecule has 0 aromatic heterocycles. The van der Waals surface area contributed by atoms with Gasteiger partial charge in [-0.25, -0.2) is 4.39 Å². The number of rotatable bonds is 2. The summed E-state index contributed by atoms with van der Waals surface area (Å²) in [5.74, 6) is -0.0721. The highest BCUT2D eigenvalue weighted by atomic mass is 35.5. The minimum absolute atomic E-state index is 0.201. The summed E-state index contributed by atoms with van der Waals surface area (Å²) in [5.41, 5.74) is -0.533. The van der Waals surface area contributed by atoms with Crippen LogP contribution in [0.5, 0.6) is 5.75 Å². The average molecular weight is 287 g/mol. The molecule has 0 bridgehead atoms. The highest BCUT2D eigenvalue weighted by Gasteiger charge is 2.52. The van der Waals surface area contributed by atoms with Gasteiger partial charge in [0.2, 0.25) is 0 Å². The van der Waals surface area contributed by atoms with Gasteiger partial charge in [-0.3, -0.25) is 0 Å². The lowest BCUT2D eigenvalue weighted by Crippen LogP contribution is -2.41. The van der Waals surface area contributed by atoms with Gasteiger partial charge in [0.1, 0.15) is 11.6 Å². The van der Waals surface area contributed by atoms with Gasteiger partial charge in [-0.2, -0.15) is 0 Å². The average Bonchev–Trinajstić information content (AvgIpc) is 2.47. The molecule has 1 aromatic rings. The van der Waals surface area contributed by atoms with Crippen molar-refractivity contribution in [3.63, 3.8) is 0 Å². The summed E-state index contributed by atoms with van der Waals surface area (Å²) in [7, 11) is 0.779. The van der Waals surface area contributed by atoms with Crippen LogP contribution in [-0.2, 0) is 9.31 Å². The zero-order chi connectivity index (χ0) is 14.4. The maximum absolute atomic E-state index is 13.5. The van der Waals surface area contributed by atoms with Gasteiger partial charge in [0, 0.05) is 5.46 Å². The first-order chi connectivity index (χ1) is 8.68. The van der Waals surface area contributed by atoms with E-state index in [1.165, 1.54) is 19.2 Å². The molecule has 3 nitrogen and oxygen atoms in total. The zero-order valence-electron chi connectivity index (χ0n) is 11.7. The number of hydrogen-bond acceptors (Lipinski definition) is 3. The highest BCUT2D eigenvalue weighted by Crippen LogP contribution is 2.38. The Morgan fingerprint density at radius 1 is 1.16 bits per heavy atom. The van der Waals surface area contributed by atoms with E-state index in [1.54, 1.807) is 0 Å². The monoisotopic (exact) mass is 286 g/mol. The third-order valence-corrected chi connectivity index (χ3v) is 4.03. The molecule has 1 fully saturated rings.